The number of anilines is 1. The van der Waals surface area contributed by atoms with Gasteiger partial charge < -0.3 is 10.2 Å². The highest BCUT2D eigenvalue weighted by Gasteiger charge is 2.26. The third-order valence-electron chi connectivity index (χ3n) is 6.00. The van der Waals surface area contributed by atoms with E-state index in [0.29, 0.717) is 48.1 Å². The van der Waals surface area contributed by atoms with Crippen LogP contribution in [-0.4, -0.2) is 57.1 Å². The summed E-state index contributed by atoms with van der Waals surface area (Å²) < 4.78 is 26.3. The van der Waals surface area contributed by atoms with Crippen LogP contribution in [0.3, 0.4) is 0 Å². The van der Waals surface area contributed by atoms with Gasteiger partial charge in [-0.2, -0.15) is 0 Å². The predicted molar refractivity (Wildman–Crippen MR) is 147 cm³/mol. The largest absolute Gasteiger partial charge is 0.354 e. The number of rotatable bonds is 13. The van der Waals surface area contributed by atoms with Crippen LogP contribution in [0.1, 0.15) is 44.7 Å². The van der Waals surface area contributed by atoms with E-state index in [-0.39, 0.29) is 24.8 Å². The number of sulfonamides is 1. The van der Waals surface area contributed by atoms with Gasteiger partial charge in [0.15, 0.2) is 0 Å². The van der Waals surface area contributed by atoms with Gasteiger partial charge in [-0.3, -0.25) is 13.9 Å². The lowest BCUT2D eigenvalue weighted by Crippen LogP contribution is -2.49. The van der Waals surface area contributed by atoms with E-state index in [1.165, 1.54) is 4.31 Å². The van der Waals surface area contributed by atoms with Crippen LogP contribution in [0.2, 0.25) is 5.02 Å². The lowest BCUT2D eigenvalue weighted by Gasteiger charge is -2.30. The van der Waals surface area contributed by atoms with Gasteiger partial charge in [-0.15, -0.1) is 0 Å². The van der Waals surface area contributed by atoms with Crippen LogP contribution in [0.4, 0.5) is 5.69 Å². The van der Waals surface area contributed by atoms with Crippen LogP contribution in [-0.2, 0) is 26.0 Å². The van der Waals surface area contributed by atoms with E-state index < -0.39 is 16.1 Å². The zero-order chi connectivity index (χ0) is 26.9. The summed E-state index contributed by atoms with van der Waals surface area (Å²) in [5, 5.41) is 3.39. The standard InChI is InChI=1S/C27H38ClN3O4S/c1-20(2)19-29-27(33)22(4)30(18-16-23-11-7-6-8-12-23)26(32)15-10-17-31(36(5,34)35)25-14-9-13-24(28)21(25)3/h6-9,11-14,20,22H,10,15-19H2,1-5H3,(H,29,33)/t22-/m1/s1. The van der Waals surface area contributed by atoms with Gasteiger partial charge in [-0.25, -0.2) is 8.42 Å². The van der Waals surface area contributed by atoms with Gasteiger partial charge in [0.1, 0.15) is 6.04 Å². The molecule has 1 N–H and O–H groups in total. The first-order chi connectivity index (χ1) is 16.9. The number of nitrogens with zero attached hydrogens (tertiary/aromatic N) is 2. The second-order valence-electron chi connectivity index (χ2n) is 9.46. The van der Waals surface area contributed by atoms with Crippen molar-refractivity contribution in [3.8, 4) is 0 Å². The lowest BCUT2D eigenvalue weighted by molar-refractivity contribution is -0.140. The molecule has 0 saturated heterocycles. The zero-order valence-corrected chi connectivity index (χ0v) is 23.4. The summed E-state index contributed by atoms with van der Waals surface area (Å²) in [4.78, 5) is 27.7. The van der Waals surface area contributed by atoms with Crippen molar-refractivity contribution < 1.29 is 18.0 Å². The van der Waals surface area contributed by atoms with Gasteiger partial charge in [0, 0.05) is 31.1 Å². The molecule has 0 saturated carbocycles. The van der Waals surface area contributed by atoms with Crippen LogP contribution in [0.15, 0.2) is 48.5 Å². The van der Waals surface area contributed by atoms with E-state index in [9.17, 15) is 18.0 Å². The Morgan fingerprint density at radius 1 is 1.00 bits per heavy atom. The van der Waals surface area contributed by atoms with Gasteiger partial charge in [0.2, 0.25) is 21.8 Å². The third-order valence-corrected chi connectivity index (χ3v) is 7.59. The number of benzene rings is 2. The fourth-order valence-corrected chi connectivity index (χ4v) is 5.06. The Hall–Kier alpha value is -2.58. The number of carbonyl (C=O) groups excluding carboxylic acids is 2. The Balaban J connectivity index is 2.13. The Morgan fingerprint density at radius 3 is 2.28 bits per heavy atom. The van der Waals surface area contributed by atoms with Crippen LogP contribution in [0, 0.1) is 12.8 Å². The molecule has 9 heteroatoms. The molecule has 7 nitrogen and oxygen atoms in total. The fraction of sp³-hybridized carbons (Fsp3) is 0.481. The van der Waals surface area contributed by atoms with Crippen molar-refractivity contribution in [2.45, 2.75) is 53.0 Å². The predicted octanol–water partition coefficient (Wildman–Crippen LogP) is 4.43. The van der Waals surface area contributed by atoms with Gasteiger partial charge in [-0.05, 0) is 55.9 Å². The van der Waals surface area contributed by atoms with E-state index >= 15 is 0 Å². The number of hydrogen-bond donors (Lipinski definition) is 1. The summed E-state index contributed by atoms with van der Waals surface area (Å²) >= 11 is 6.21. The first-order valence-electron chi connectivity index (χ1n) is 12.3. The van der Waals surface area contributed by atoms with E-state index in [0.717, 1.165) is 11.8 Å². The molecule has 36 heavy (non-hydrogen) atoms. The molecule has 2 rings (SSSR count). The van der Waals surface area contributed by atoms with E-state index in [2.05, 4.69) is 5.32 Å². The molecule has 198 valence electrons. The number of carbonyl (C=O) groups is 2. The van der Waals surface area contributed by atoms with E-state index in [1.54, 1.807) is 36.9 Å². The molecule has 0 spiro atoms. The lowest BCUT2D eigenvalue weighted by atomic mass is 10.1. The minimum absolute atomic E-state index is 0.113. The van der Waals surface area contributed by atoms with Gasteiger partial charge in [0.25, 0.3) is 0 Å². The van der Waals surface area contributed by atoms with Crippen molar-refractivity contribution in [3.63, 3.8) is 0 Å². The highest BCUT2D eigenvalue weighted by molar-refractivity contribution is 7.92. The molecule has 2 amide bonds. The molecule has 0 aliphatic rings. The highest BCUT2D eigenvalue weighted by Crippen LogP contribution is 2.28. The maximum absolute atomic E-state index is 13.3. The van der Waals surface area contributed by atoms with Crippen molar-refractivity contribution in [2.24, 2.45) is 5.92 Å². The van der Waals surface area contributed by atoms with Crippen molar-refractivity contribution in [2.75, 3.05) is 30.2 Å². The fourth-order valence-electron chi connectivity index (χ4n) is 3.87. The Labute approximate surface area is 220 Å². The average Bonchev–Trinajstić information content (AvgIpc) is 2.82. The number of halogens is 1. The molecular formula is C27H38ClN3O4S. The molecular weight excluding hydrogens is 498 g/mol. The Morgan fingerprint density at radius 2 is 1.67 bits per heavy atom. The summed E-state index contributed by atoms with van der Waals surface area (Å²) in [6.07, 6.45) is 2.18. The van der Waals surface area contributed by atoms with Crippen molar-refractivity contribution in [1.82, 2.24) is 10.2 Å². The summed E-state index contributed by atoms with van der Waals surface area (Å²) in [5.74, 6) is -0.0848. The number of amides is 2. The molecule has 1 atom stereocenters. The van der Waals surface area contributed by atoms with Crippen molar-refractivity contribution >= 4 is 39.1 Å². The molecule has 0 bridgehead atoms. The molecule has 0 aromatic heterocycles. The third kappa shape index (κ3) is 8.82. The molecule has 0 aliphatic carbocycles. The van der Waals surface area contributed by atoms with E-state index in [1.807, 2.05) is 44.2 Å². The maximum atomic E-state index is 13.3. The highest BCUT2D eigenvalue weighted by atomic mass is 35.5. The summed E-state index contributed by atoms with van der Waals surface area (Å²) in [6, 6.07) is 14.3. The molecule has 0 radical (unpaired) electrons. The molecule has 2 aromatic carbocycles. The number of hydrogen-bond acceptors (Lipinski definition) is 4. The summed E-state index contributed by atoms with van der Waals surface area (Å²) in [6.45, 7) is 8.58. The van der Waals surface area contributed by atoms with Gasteiger partial charge >= 0.3 is 0 Å². The Kier molecular flexibility index (Phi) is 11.2. The topological polar surface area (TPSA) is 86.8 Å². The van der Waals surface area contributed by atoms with Gasteiger partial charge in [-0.1, -0.05) is 61.8 Å². The van der Waals surface area contributed by atoms with Gasteiger partial charge in [0.05, 0.1) is 11.9 Å². The molecule has 0 aliphatic heterocycles. The number of nitrogens with one attached hydrogen (secondary N) is 1. The van der Waals surface area contributed by atoms with Crippen LogP contribution >= 0.6 is 11.6 Å². The van der Waals surface area contributed by atoms with E-state index in [4.69, 9.17) is 11.6 Å². The molecule has 2 aromatic rings. The normalized spacial score (nSPS) is 12.3. The second-order valence-corrected chi connectivity index (χ2v) is 11.8. The monoisotopic (exact) mass is 535 g/mol. The van der Waals surface area contributed by atoms with Crippen LogP contribution in [0.5, 0.6) is 0 Å². The smallest absolute Gasteiger partial charge is 0.242 e. The SMILES string of the molecule is Cc1c(Cl)cccc1N(CCCC(=O)N(CCc1ccccc1)[C@H](C)C(=O)NCC(C)C)S(C)(=O)=O. The summed E-state index contributed by atoms with van der Waals surface area (Å²) in [5.41, 5.74) is 2.24. The average molecular weight is 536 g/mol. The van der Waals surface area contributed by atoms with Crippen molar-refractivity contribution in [1.29, 1.82) is 0 Å². The minimum Gasteiger partial charge on any atom is -0.354 e. The second kappa shape index (κ2) is 13.7. The molecule has 0 unspecified atom stereocenters. The first kappa shape index (κ1) is 29.6. The minimum atomic E-state index is -3.58. The van der Waals surface area contributed by atoms with Crippen LogP contribution < -0.4 is 9.62 Å². The molecule has 0 heterocycles. The maximum Gasteiger partial charge on any atom is 0.242 e. The quantitative estimate of drug-likeness (QED) is 0.411. The Bertz CT molecular complexity index is 1120. The zero-order valence-electron chi connectivity index (χ0n) is 21.8. The van der Waals surface area contributed by atoms with Crippen molar-refractivity contribution in [3.05, 3.63) is 64.7 Å². The first-order valence-corrected chi connectivity index (χ1v) is 14.5. The molecule has 0 fully saturated rings. The van der Waals surface area contributed by atoms with Crippen LogP contribution in [0.25, 0.3) is 0 Å². The summed E-state index contributed by atoms with van der Waals surface area (Å²) in [7, 11) is -3.58.